The summed E-state index contributed by atoms with van der Waals surface area (Å²) >= 11 is 0. The number of rotatable bonds is 7. The minimum atomic E-state index is 0.525. The molecule has 2 rings (SSSR count). The van der Waals surface area contributed by atoms with Gasteiger partial charge < -0.3 is 15.5 Å². The standard InChI is InChI=1S/C19H33N5/c1-4-23-12-14-24(15-13-23)17(2)16-22-19(20-3)21-11-10-18-8-6-5-7-9-18/h5-9,17H,4,10-16H2,1-3H3,(H2,20,21,22). The fourth-order valence-electron chi connectivity index (χ4n) is 3.08. The number of hydrogen-bond donors (Lipinski definition) is 2. The molecule has 1 unspecified atom stereocenters. The van der Waals surface area contributed by atoms with E-state index in [1.54, 1.807) is 0 Å². The van der Waals surface area contributed by atoms with Gasteiger partial charge in [-0.3, -0.25) is 9.89 Å². The van der Waals surface area contributed by atoms with Gasteiger partial charge in [-0.1, -0.05) is 37.3 Å². The van der Waals surface area contributed by atoms with Crippen molar-refractivity contribution in [2.75, 3.05) is 52.9 Å². The Labute approximate surface area is 147 Å². The molecule has 24 heavy (non-hydrogen) atoms. The summed E-state index contributed by atoms with van der Waals surface area (Å²) < 4.78 is 0. The van der Waals surface area contributed by atoms with Crippen LogP contribution in [-0.4, -0.2) is 74.7 Å². The number of nitrogens with zero attached hydrogens (tertiary/aromatic N) is 3. The van der Waals surface area contributed by atoms with Crippen LogP contribution >= 0.6 is 0 Å². The van der Waals surface area contributed by atoms with Crippen molar-refractivity contribution in [3.05, 3.63) is 35.9 Å². The zero-order valence-electron chi connectivity index (χ0n) is 15.5. The van der Waals surface area contributed by atoms with Crippen molar-refractivity contribution in [2.45, 2.75) is 26.3 Å². The van der Waals surface area contributed by atoms with Crippen molar-refractivity contribution in [1.82, 2.24) is 20.4 Å². The molecule has 1 saturated heterocycles. The molecule has 1 aliphatic rings. The van der Waals surface area contributed by atoms with Crippen LogP contribution in [0.3, 0.4) is 0 Å². The Morgan fingerprint density at radius 3 is 2.46 bits per heavy atom. The van der Waals surface area contributed by atoms with Gasteiger partial charge in [0, 0.05) is 52.4 Å². The third-order valence-corrected chi connectivity index (χ3v) is 4.81. The Bertz CT molecular complexity index is 480. The maximum Gasteiger partial charge on any atom is 0.191 e. The highest BCUT2D eigenvalue weighted by atomic mass is 15.3. The lowest BCUT2D eigenvalue weighted by molar-refractivity contribution is 0.107. The minimum absolute atomic E-state index is 0.525. The average Bonchev–Trinajstić information content (AvgIpc) is 2.65. The van der Waals surface area contributed by atoms with Crippen LogP contribution in [0.4, 0.5) is 0 Å². The molecule has 0 saturated carbocycles. The Hall–Kier alpha value is -1.59. The van der Waals surface area contributed by atoms with Gasteiger partial charge in [0.05, 0.1) is 0 Å². The number of piperazine rings is 1. The Morgan fingerprint density at radius 2 is 1.83 bits per heavy atom. The minimum Gasteiger partial charge on any atom is -0.356 e. The second-order valence-electron chi connectivity index (χ2n) is 6.43. The highest BCUT2D eigenvalue weighted by Crippen LogP contribution is 2.05. The topological polar surface area (TPSA) is 42.9 Å². The first-order valence-electron chi connectivity index (χ1n) is 9.17. The largest absolute Gasteiger partial charge is 0.356 e. The van der Waals surface area contributed by atoms with Crippen molar-refractivity contribution < 1.29 is 0 Å². The maximum atomic E-state index is 4.33. The Morgan fingerprint density at radius 1 is 1.12 bits per heavy atom. The molecule has 0 aliphatic carbocycles. The quantitative estimate of drug-likeness (QED) is 0.586. The molecule has 1 heterocycles. The molecule has 0 amide bonds. The number of nitrogens with one attached hydrogen (secondary N) is 2. The van der Waals surface area contributed by atoms with Crippen molar-refractivity contribution in [2.24, 2.45) is 4.99 Å². The number of benzene rings is 1. The lowest BCUT2D eigenvalue weighted by Gasteiger charge is -2.37. The molecule has 0 bridgehead atoms. The highest BCUT2D eigenvalue weighted by Gasteiger charge is 2.20. The van der Waals surface area contributed by atoms with Crippen molar-refractivity contribution in [1.29, 1.82) is 0 Å². The summed E-state index contributed by atoms with van der Waals surface area (Å²) in [5, 5.41) is 6.87. The zero-order chi connectivity index (χ0) is 17.2. The number of aliphatic imine (C=N–C) groups is 1. The maximum absolute atomic E-state index is 4.33. The van der Waals surface area contributed by atoms with E-state index < -0.39 is 0 Å². The van der Waals surface area contributed by atoms with E-state index in [9.17, 15) is 0 Å². The Kier molecular flexibility index (Phi) is 8.05. The molecule has 5 heteroatoms. The van der Waals surface area contributed by atoms with Crippen molar-refractivity contribution in [3.63, 3.8) is 0 Å². The third-order valence-electron chi connectivity index (χ3n) is 4.81. The first kappa shape index (κ1) is 18.7. The Balaban J connectivity index is 1.65. The molecule has 1 fully saturated rings. The molecule has 2 N–H and O–H groups in total. The highest BCUT2D eigenvalue weighted by molar-refractivity contribution is 5.79. The van der Waals surface area contributed by atoms with Gasteiger partial charge in [-0.15, -0.1) is 0 Å². The summed E-state index contributed by atoms with van der Waals surface area (Å²) in [5.41, 5.74) is 1.35. The first-order valence-corrected chi connectivity index (χ1v) is 9.17. The smallest absolute Gasteiger partial charge is 0.191 e. The van der Waals surface area contributed by atoms with Gasteiger partial charge >= 0.3 is 0 Å². The van der Waals surface area contributed by atoms with Crippen molar-refractivity contribution >= 4 is 5.96 Å². The van der Waals surface area contributed by atoms with E-state index in [2.05, 4.69) is 69.6 Å². The molecular weight excluding hydrogens is 298 g/mol. The second-order valence-corrected chi connectivity index (χ2v) is 6.43. The summed E-state index contributed by atoms with van der Waals surface area (Å²) in [5.74, 6) is 0.893. The van der Waals surface area contributed by atoms with Crippen LogP contribution < -0.4 is 10.6 Å². The summed E-state index contributed by atoms with van der Waals surface area (Å²) in [4.78, 5) is 9.41. The fraction of sp³-hybridized carbons (Fsp3) is 0.632. The summed E-state index contributed by atoms with van der Waals surface area (Å²) in [6, 6.07) is 11.1. The lowest BCUT2D eigenvalue weighted by Crippen LogP contribution is -2.53. The van der Waals surface area contributed by atoms with Gasteiger partial charge in [0.25, 0.3) is 0 Å². The SMILES string of the molecule is CCN1CCN(C(C)CNC(=NC)NCCc2ccccc2)CC1. The van der Waals surface area contributed by atoms with Gasteiger partial charge in [0.15, 0.2) is 5.96 Å². The number of guanidine groups is 1. The van der Waals surface area contributed by atoms with E-state index in [-0.39, 0.29) is 0 Å². The first-order chi connectivity index (χ1) is 11.7. The monoisotopic (exact) mass is 331 g/mol. The molecular formula is C19H33N5. The molecule has 0 spiro atoms. The molecule has 1 aromatic rings. The fourth-order valence-corrected chi connectivity index (χ4v) is 3.08. The van der Waals surface area contributed by atoms with Gasteiger partial charge in [0.1, 0.15) is 0 Å². The second kappa shape index (κ2) is 10.3. The summed E-state index contributed by atoms with van der Waals surface area (Å²) in [6.45, 7) is 12.2. The van der Waals surface area contributed by atoms with Crippen LogP contribution in [0.2, 0.25) is 0 Å². The number of hydrogen-bond acceptors (Lipinski definition) is 3. The van der Waals surface area contributed by atoms with Crippen LogP contribution in [0, 0.1) is 0 Å². The van der Waals surface area contributed by atoms with E-state index in [0.717, 1.165) is 38.6 Å². The lowest BCUT2D eigenvalue weighted by atomic mass is 10.1. The van der Waals surface area contributed by atoms with E-state index in [0.29, 0.717) is 6.04 Å². The van der Waals surface area contributed by atoms with Gasteiger partial charge in [-0.25, -0.2) is 0 Å². The van der Waals surface area contributed by atoms with Crippen molar-refractivity contribution in [3.8, 4) is 0 Å². The normalized spacial score (nSPS) is 18.4. The van der Waals surface area contributed by atoms with Gasteiger partial charge in [0.2, 0.25) is 0 Å². The number of likely N-dealkylation sites (N-methyl/N-ethyl adjacent to an activating group) is 1. The van der Waals surface area contributed by atoms with Crippen LogP contribution in [0.1, 0.15) is 19.4 Å². The van der Waals surface area contributed by atoms with Crippen LogP contribution in [-0.2, 0) is 6.42 Å². The van der Waals surface area contributed by atoms with E-state index in [1.165, 1.54) is 25.2 Å². The van der Waals surface area contributed by atoms with Crippen LogP contribution in [0.25, 0.3) is 0 Å². The molecule has 1 atom stereocenters. The molecule has 1 aromatic carbocycles. The molecule has 0 radical (unpaired) electrons. The van der Waals surface area contributed by atoms with Crippen LogP contribution in [0.5, 0.6) is 0 Å². The average molecular weight is 332 g/mol. The van der Waals surface area contributed by atoms with E-state index in [4.69, 9.17) is 0 Å². The molecule has 5 nitrogen and oxygen atoms in total. The predicted octanol–water partition coefficient (Wildman–Crippen LogP) is 1.42. The van der Waals surface area contributed by atoms with Gasteiger partial charge in [-0.2, -0.15) is 0 Å². The zero-order valence-corrected chi connectivity index (χ0v) is 15.5. The van der Waals surface area contributed by atoms with E-state index in [1.807, 2.05) is 7.05 Å². The van der Waals surface area contributed by atoms with E-state index >= 15 is 0 Å². The van der Waals surface area contributed by atoms with Crippen LogP contribution in [0.15, 0.2) is 35.3 Å². The predicted molar refractivity (Wildman–Crippen MR) is 103 cm³/mol. The molecule has 0 aromatic heterocycles. The molecule has 134 valence electrons. The third kappa shape index (κ3) is 6.13. The summed E-state index contributed by atoms with van der Waals surface area (Å²) in [7, 11) is 1.84. The molecule has 1 aliphatic heterocycles. The summed E-state index contributed by atoms with van der Waals surface area (Å²) in [6.07, 6.45) is 1.01. The van der Waals surface area contributed by atoms with Gasteiger partial charge in [-0.05, 0) is 25.5 Å².